The molecule has 0 saturated heterocycles. The molecular formula is C10H17N5O2. The quantitative estimate of drug-likeness (QED) is 0.615. The van der Waals surface area contributed by atoms with Gasteiger partial charge in [0.2, 0.25) is 11.8 Å². The predicted octanol–water partition coefficient (Wildman–Crippen LogP) is 1.81. The Hall–Kier alpha value is -1.92. The summed E-state index contributed by atoms with van der Waals surface area (Å²) in [6.45, 7) is 8.19. The largest absolute Gasteiger partial charge is 0.378 e. The average molecular weight is 239 g/mol. The van der Waals surface area contributed by atoms with E-state index in [9.17, 15) is 10.1 Å². The lowest BCUT2D eigenvalue weighted by Crippen LogP contribution is -2.31. The topological polar surface area (TPSA) is 107 Å². The molecule has 0 aliphatic rings. The molecule has 7 heteroatoms. The molecule has 3 N–H and O–H groups in total. The summed E-state index contributed by atoms with van der Waals surface area (Å²) in [7, 11) is 0. The number of nitrogens with one attached hydrogen (secondary N) is 1. The van der Waals surface area contributed by atoms with E-state index in [4.69, 9.17) is 5.73 Å². The van der Waals surface area contributed by atoms with Crippen molar-refractivity contribution in [2.45, 2.75) is 33.7 Å². The van der Waals surface area contributed by atoms with Gasteiger partial charge < -0.3 is 11.1 Å². The van der Waals surface area contributed by atoms with E-state index in [-0.39, 0.29) is 23.0 Å². The van der Waals surface area contributed by atoms with Gasteiger partial charge in [0, 0.05) is 6.04 Å². The van der Waals surface area contributed by atoms with E-state index in [0.29, 0.717) is 5.95 Å². The minimum Gasteiger partial charge on any atom is -0.378 e. The number of rotatable bonds is 3. The Morgan fingerprint density at radius 1 is 1.53 bits per heavy atom. The lowest BCUT2D eigenvalue weighted by molar-refractivity contribution is -0.384. The van der Waals surface area contributed by atoms with Gasteiger partial charge in [0.1, 0.15) is 6.20 Å². The Balaban J connectivity index is 2.88. The third kappa shape index (κ3) is 3.27. The van der Waals surface area contributed by atoms with Gasteiger partial charge in [-0.2, -0.15) is 4.98 Å². The lowest BCUT2D eigenvalue weighted by atomic mass is 9.88. The van der Waals surface area contributed by atoms with Crippen molar-refractivity contribution < 1.29 is 4.92 Å². The van der Waals surface area contributed by atoms with Crippen molar-refractivity contribution in [1.29, 1.82) is 0 Å². The predicted molar refractivity (Wildman–Crippen MR) is 65.6 cm³/mol. The van der Waals surface area contributed by atoms with Gasteiger partial charge in [-0.1, -0.05) is 20.8 Å². The van der Waals surface area contributed by atoms with Crippen molar-refractivity contribution in [3.8, 4) is 0 Å². The summed E-state index contributed by atoms with van der Waals surface area (Å²) in [5.41, 5.74) is 5.22. The molecule has 1 aromatic heterocycles. The van der Waals surface area contributed by atoms with E-state index in [1.807, 2.05) is 6.92 Å². The van der Waals surface area contributed by atoms with Gasteiger partial charge in [0.25, 0.3) is 0 Å². The Bertz CT molecular complexity index is 427. The van der Waals surface area contributed by atoms with Crippen LogP contribution in [0.25, 0.3) is 0 Å². The van der Waals surface area contributed by atoms with Crippen LogP contribution in [0.2, 0.25) is 0 Å². The first-order valence-corrected chi connectivity index (χ1v) is 5.25. The van der Waals surface area contributed by atoms with Gasteiger partial charge in [-0.3, -0.25) is 10.1 Å². The molecule has 0 bridgehead atoms. The van der Waals surface area contributed by atoms with Crippen molar-refractivity contribution in [3.63, 3.8) is 0 Å². The van der Waals surface area contributed by atoms with E-state index >= 15 is 0 Å². The molecule has 17 heavy (non-hydrogen) atoms. The molecule has 0 radical (unpaired) electrons. The molecule has 1 atom stereocenters. The van der Waals surface area contributed by atoms with Gasteiger partial charge in [0.15, 0.2) is 0 Å². The number of anilines is 2. The second-order valence-corrected chi connectivity index (χ2v) is 4.95. The summed E-state index contributed by atoms with van der Waals surface area (Å²) < 4.78 is 0. The molecular weight excluding hydrogens is 222 g/mol. The minimum absolute atomic E-state index is 0.0277. The molecule has 1 unspecified atom stereocenters. The van der Waals surface area contributed by atoms with Crippen LogP contribution >= 0.6 is 0 Å². The van der Waals surface area contributed by atoms with Crippen LogP contribution in [0.5, 0.6) is 0 Å². The minimum atomic E-state index is -0.605. The number of nitro groups is 1. The molecule has 0 fully saturated rings. The Morgan fingerprint density at radius 2 is 2.12 bits per heavy atom. The SMILES string of the molecule is CC(Nc1ncc([N+](=O)[O-])c(N)n1)C(C)(C)C. The van der Waals surface area contributed by atoms with E-state index in [1.54, 1.807) is 0 Å². The number of aromatic nitrogens is 2. The molecule has 1 rings (SSSR count). The normalized spacial score (nSPS) is 13.2. The second-order valence-electron chi connectivity index (χ2n) is 4.95. The fraction of sp³-hybridized carbons (Fsp3) is 0.600. The molecule has 0 aromatic carbocycles. The summed E-state index contributed by atoms with van der Waals surface area (Å²) in [4.78, 5) is 17.7. The van der Waals surface area contributed by atoms with Gasteiger partial charge >= 0.3 is 5.69 Å². The summed E-state index contributed by atoms with van der Waals surface area (Å²) >= 11 is 0. The molecule has 94 valence electrons. The van der Waals surface area contributed by atoms with Crippen LogP contribution in [-0.2, 0) is 0 Å². The zero-order valence-corrected chi connectivity index (χ0v) is 10.4. The van der Waals surface area contributed by atoms with Gasteiger partial charge in [-0.05, 0) is 12.3 Å². The summed E-state index contributed by atoms with van der Waals surface area (Å²) in [6, 6.07) is 0.114. The van der Waals surface area contributed by atoms with Gasteiger partial charge in [-0.15, -0.1) is 0 Å². The van der Waals surface area contributed by atoms with Crippen LogP contribution in [0.15, 0.2) is 6.20 Å². The Labute approximate surface area is 99.6 Å². The highest BCUT2D eigenvalue weighted by Gasteiger charge is 2.21. The number of hydrogen-bond acceptors (Lipinski definition) is 6. The highest BCUT2D eigenvalue weighted by Crippen LogP contribution is 2.23. The molecule has 7 nitrogen and oxygen atoms in total. The highest BCUT2D eigenvalue weighted by molar-refractivity contribution is 5.53. The molecule has 0 aliphatic carbocycles. The number of nitrogens with zero attached hydrogens (tertiary/aromatic N) is 3. The maximum Gasteiger partial charge on any atom is 0.329 e. The monoisotopic (exact) mass is 239 g/mol. The number of hydrogen-bond donors (Lipinski definition) is 2. The maximum atomic E-state index is 10.5. The van der Waals surface area contributed by atoms with E-state index in [2.05, 4.69) is 36.1 Å². The van der Waals surface area contributed by atoms with Crippen molar-refractivity contribution in [2.75, 3.05) is 11.1 Å². The summed E-state index contributed by atoms with van der Waals surface area (Å²) in [6.07, 6.45) is 1.11. The van der Waals surface area contributed by atoms with Crippen molar-refractivity contribution in [3.05, 3.63) is 16.3 Å². The lowest BCUT2D eigenvalue weighted by Gasteiger charge is -2.27. The van der Waals surface area contributed by atoms with Crippen LogP contribution in [0, 0.1) is 15.5 Å². The Morgan fingerprint density at radius 3 is 2.53 bits per heavy atom. The molecule has 0 spiro atoms. The molecule has 1 heterocycles. The average Bonchev–Trinajstić information content (AvgIpc) is 2.15. The van der Waals surface area contributed by atoms with Crippen LogP contribution in [0.3, 0.4) is 0 Å². The first kappa shape index (κ1) is 13.1. The van der Waals surface area contributed by atoms with Crippen LogP contribution in [0.4, 0.5) is 17.5 Å². The second kappa shape index (κ2) is 4.52. The van der Waals surface area contributed by atoms with Crippen LogP contribution in [-0.4, -0.2) is 20.9 Å². The van der Waals surface area contributed by atoms with Crippen molar-refractivity contribution in [1.82, 2.24) is 9.97 Å². The van der Waals surface area contributed by atoms with Gasteiger partial charge in [-0.25, -0.2) is 4.98 Å². The number of nitrogen functional groups attached to an aromatic ring is 1. The standard InChI is InChI=1S/C10H17N5O2/c1-6(10(2,3)4)13-9-12-5-7(15(16)17)8(11)14-9/h5-6H,1-4H3,(H3,11,12,13,14). The molecule has 0 aliphatic heterocycles. The van der Waals surface area contributed by atoms with E-state index in [1.165, 1.54) is 0 Å². The number of nitrogens with two attached hydrogens (primary N) is 1. The third-order valence-corrected chi connectivity index (χ3v) is 2.64. The first-order valence-electron chi connectivity index (χ1n) is 5.25. The van der Waals surface area contributed by atoms with Crippen molar-refractivity contribution >= 4 is 17.5 Å². The molecule has 0 amide bonds. The fourth-order valence-corrected chi connectivity index (χ4v) is 1.01. The van der Waals surface area contributed by atoms with E-state index in [0.717, 1.165) is 6.20 Å². The Kier molecular flexibility index (Phi) is 3.50. The molecule has 1 aromatic rings. The zero-order valence-electron chi connectivity index (χ0n) is 10.4. The van der Waals surface area contributed by atoms with E-state index < -0.39 is 4.92 Å². The first-order chi connectivity index (χ1) is 7.71. The molecule has 0 saturated carbocycles. The fourth-order valence-electron chi connectivity index (χ4n) is 1.01. The van der Waals surface area contributed by atoms with Crippen LogP contribution in [0.1, 0.15) is 27.7 Å². The van der Waals surface area contributed by atoms with Crippen LogP contribution < -0.4 is 11.1 Å². The summed E-state index contributed by atoms with van der Waals surface area (Å²) in [5.74, 6) is 0.170. The highest BCUT2D eigenvalue weighted by atomic mass is 16.6. The van der Waals surface area contributed by atoms with Gasteiger partial charge in [0.05, 0.1) is 4.92 Å². The zero-order chi connectivity index (χ0) is 13.2. The maximum absolute atomic E-state index is 10.5. The smallest absolute Gasteiger partial charge is 0.329 e. The third-order valence-electron chi connectivity index (χ3n) is 2.64. The summed E-state index contributed by atoms with van der Waals surface area (Å²) in [5, 5.41) is 13.6. The van der Waals surface area contributed by atoms with Crippen molar-refractivity contribution in [2.24, 2.45) is 5.41 Å².